The summed E-state index contributed by atoms with van der Waals surface area (Å²) < 4.78 is 0. The molecule has 110 valence electrons. The van der Waals surface area contributed by atoms with E-state index in [9.17, 15) is 9.59 Å². The highest BCUT2D eigenvalue weighted by Crippen LogP contribution is 2.12. The summed E-state index contributed by atoms with van der Waals surface area (Å²) in [5, 5.41) is 11.4. The number of nitrogens with one attached hydrogen (secondary N) is 1. The molecule has 0 aromatic rings. The van der Waals surface area contributed by atoms with Crippen LogP contribution in [0.1, 0.15) is 32.1 Å². The summed E-state index contributed by atoms with van der Waals surface area (Å²) in [6.45, 7) is 2.23. The molecule has 1 atom stereocenters. The van der Waals surface area contributed by atoms with E-state index < -0.39 is 5.97 Å². The summed E-state index contributed by atoms with van der Waals surface area (Å²) in [7, 11) is 4.07. The molecule has 19 heavy (non-hydrogen) atoms. The van der Waals surface area contributed by atoms with E-state index >= 15 is 0 Å². The molecule has 2 amide bonds. The average Bonchev–Trinajstić information content (AvgIpc) is 2.82. The van der Waals surface area contributed by atoms with Crippen LogP contribution in [0.15, 0.2) is 0 Å². The molecule has 1 fully saturated rings. The molecule has 1 aliphatic heterocycles. The number of carboxylic acids is 1. The summed E-state index contributed by atoms with van der Waals surface area (Å²) in [5.41, 5.74) is 0. The van der Waals surface area contributed by atoms with Crippen LogP contribution in [-0.4, -0.2) is 66.7 Å². The van der Waals surface area contributed by atoms with Gasteiger partial charge in [-0.1, -0.05) is 6.42 Å². The van der Waals surface area contributed by atoms with Gasteiger partial charge in [0.05, 0.1) is 0 Å². The zero-order valence-electron chi connectivity index (χ0n) is 11.9. The Balaban J connectivity index is 2.07. The van der Waals surface area contributed by atoms with Crippen LogP contribution in [0.3, 0.4) is 0 Å². The van der Waals surface area contributed by atoms with Crippen molar-refractivity contribution in [1.82, 2.24) is 15.1 Å². The average molecular weight is 271 g/mol. The maximum atomic E-state index is 11.9. The first kappa shape index (κ1) is 15.8. The van der Waals surface area contributed by atoms with E-state index in [2.05, 4.69) is 10.2 Å². The largest absolute Gasteiger partial charge is 0.481 e. The molecule has 1 saturated heterocycles. The highest BCUT2D eigenvalue weighted by Gasteiger charge is 2.26. The lowest BCUT2D eigenvalue weighted by molar-refractivity contribution is -0.137. The van der Waals surface area contributed by atoms with Crippen LogP contribution in [-0.2, 0) is 4.79 Å². The molecule has 0 radical (unpaired) electrons. The van der Waals surface area contributed by atoms with Gasteiger partial charge in [-0.25, -0.2) is 4.79 Å². The van der Waals surface area contributed by atoms with Crippen LogP contribution in [0.25, 0.3) is 0 Å². The molecule has 6 nitrogen and oxygen atoms in total. The Hall–Kier alpha value is -1.30. The van der Waals surface area contributed by atoms with Crippen molar-refractivity contribution in [3.63, 3.8) is 0 Å². The van der Waals surface area contributed by atoms with Crippen molar-refractivity contribution in [1.29, 1.82) is 0 Å². The zero-order chi connectivity index (χ0) is 14.3. The molecule has 1 aliphatic rings. The van der Waals surface area contributed by atoms with Crippen LogP contribution < -0.4 is 5.32 Å². The molecule has 1 heterocycles. The van der Waals surface area contributed by atoms with Crippen LogP contribution in [0.2, 0.25) is 0 Å². The van der Waals surface area contributed by atoms with Crippen LogP contribution in [0.5, 0.6) is 0 Å². The van der Waals surface area contributed by atoms with Gasteiger partial charge in [0.1, 0.15) is 0 Å². The van der Waals surface area contributed by atoms with E-state index in [0.29, 0.717) is 19.0 Å². The van der Waals surface area contributed by atoms with E-state index in [-0.39, 0.29) is 12.5 Å². The maximum absolute atomic E-state index is 11.9. The van der Waals surface area contributed by atoms with Crippen molar-refractivity contribution in [3.05, 3.63) is 0 Å². The number of rotatable bonds is 7. The quantitative estimate of drug-likeness (QED) is 0.677. The molecule has 1 rings (SSSR count). The molecule has 0 aliphatic carbocycles. The van der Waals surface area contributed by atoms with Gasteiger partial charge >= 0.3 is 12.0 Å². The Kier molecular flexibility index (Phi) is 6.62. The number of carboxylic acid groups (broad SMARTS) is 1. The standard InChI is InChI=1S/C13H25N3O3/c1-15(2)11-7-9-16(10-11)13(19)14-8-5-3-4-6-12(17)18/h11H,3-10H2,1-2H3,(H,14,19)(H,17,18). The topological polar surface area (TPSA) is 72.9 Å². The number of urea groups is 1. The maximum Gasteiger partial charge on any atom is 0.317 e. The highest BCUT2D eigenvalue weighted by atomic mass is 16.4. The first-order valence-corrected chi connectivity index (χ1v) is 6.91. The SMILES string of the molecule is CN(C)C1CCN(C(=O)NCCCCCC(=O)O)C1. The minimum Gasteiger partial charge on any atom is -0.481 e. The van der Waals surface area contributed by atoms with Gasteiger partial charge in [0, 0.05) is 32.1 Å². The molecule has 2 N–H and O–H groups in total. The number of carbonyl (C=O) groups excluding carboxylic acids is 1. The van der Waals surface area contributed by atoms with Crippen molar-refractivity contribution >= 4 is 12.0 Å². The fourth-order valence-corrected chi connectivity index (χ4v) is 2.23. The number of hydrogen-bond acceptors (Lipinski definition) is 3. The number of hydrogen-bond donors (Lipinski definition) is 2. The summed E-state index contributed by atoms with van der Waals surface area (Å²) in [6.07, 6.45) is 3.60. The van der Waals surface area contributed by atoms with Gasteiger partial charge in [0.2, 0.25) is 0 Å². The van der Waals surface area contributed by atoms with Crippen molar-refractivity contribution in [3.8, 4) is 0 Å². The molecular weight excluding hydrogens is 246 g/mol. The second-order valence-electron chi connectivity index (χ2n) is 5.29. The molecule has 0 aromatic carbocycles. The summed E-state index contributed by atoms with van der Waals surface area (Å²) in [5.74, 6) is -0.754. The Morgan fingerprint density at radius 1 is 1.32 bits per heavy atom. The van der Waals surface area contributed by atoms with Crippen molar-refractivity contribution in [2.24, 2.45) is 0 Å². The third kappa shape index (κ3) is 5.92. The van der Waals surface area contributed by atoms with Gasteiger partial charge in [-0.05, 0) is 33.4 Å². The minimum atomic E-state index is -0.754. The van der Waals surface area contributed by atoms with E-state index in [4.69, 9.17) is 5.11 Å². The van der Waals surface area contributed by atoms with Gasteiger partial charge in [-0.3, -0.25) is 4.79 Å². The third-order valence-electron chi connectivity index (χ3n) is 3.52. The van der Waals surface area contributed by atoms with Crippen molar-refractivity contribution in [2.45, 2.75) is 38.1 Å². The van der Waals surface area contributed by atoms with Gasteiger partial charge < -0.3 is 20.2 Å². The van der Waals surface area contributed by atoms with Crippen molar-refractivity contribution < 1.29 is 14.7 Å². The van der Waals surface area contributed by atoms with Crippen molar-refractivity contribution in [2.75, 3.05) is 33.7 Å². The third-order valence-corrected chi connectivity index (χ3v) is 3.52. The number of aliphatic carboxylic acids is 1. The molecule has 0 spiro atoms. The fraction of sp³-hybridized carbons (Fsp3) is 0.846. The van der Waals surface area contributed by atoms with Gasteiger partial charge in [0.25, 0.3) is 0 Å². The Morgan fingerprint density at radius 3 is 2.63 bits per heavy atom. The highest BCUT2D eigenvalue weighted by molar-refractivity contribution is 5.74. The molecular formula is C13H25N3O3. The Labute approximate surface area is 114 Å². The van der Waals surface area contributed by atoms with E-state index in [0.717, 1.165) is 32.4 Å². The minimum absolute atomic E-state index is 0.00239. The lowest BCUT2D eigenvalue weighted by Gasteiger charge is -2.20. The van der Waals surface area contributed by atoms with E-state index in [1.807, 2.05) is 19.0 Å². The number of likely N-dealkylation sites (tertiary alicyclic amines) is 1. The molecule has 1 unspecified atom stereocenters. The van der Waals surface area contributed by atoms with E-state index in [1.54, 1.807) is 0 Å². The van der Waals surface area contributed by atoms with Gasteiger partial charge in [0.15, 0.2) is 0 Å². The summed E-state index contributed by atoms with van der Waals surface area (Å²) >= 11 is 0. The predicted octanol–water partition coefficient (Wildman–Crippen LogP) is 0.977. The molecule has 6 heteroatoms. The second kappa shape index (κ2) is 7.99. The lowest BCUT2D eigenvalue weighted by Crippen LogP contribution is -2.40. The van der Waals surface area contributed by atoms with Crippen LogP contribution in [0.4, 0.5) is 4.79 Å². The number of unbranched alkanes of at least 4 members (excludes halogenated alkanes) is 2. The first-order valence-electron chi connectivity index (χ1n) is 6.91. The number of likely N-dealkylation sites (N-methyl/N-ethyl adjacent to an activating group) is 1. The van der Waals surface area contributed by atoms with E-state index in [1.165, 1.54) is 0 Å². The number of amides is 2. The smallest absolute Gasteiger partial charge is 0.317 e. The molecule has 0 aromatic heterocycles. The summed E-state index contributed by atoms with van der Waals surface area (Å²) in [4.78, 5) is 26.2. The second-order valence-corrected chi connectivity index (χ2v) is 5.29. The Morgan fingerprint density at radius 2 is 2.05 bits per heavy atom. The number of nitrogens with zero attached hydrogens (tertiary/aromatic N) is 2. The zero-order valence-corrected chi connectivity index (χ0v) is 11.9. The normalized spacial score (nSPS) is 18.9. The number of carbonyl (C=O) groups is 2. The first-order chi connectivity index (χ1) is 9.00. The fourth-order valence-electron chi connectivity index (χ4n) is 2.23. The monoisotopic (exact) mass is 271 g/mol. The Bertz CT molecular complexity index is 308. The lowest BCUT2D eigenvalue weighted by atomic mass is 10.2. The molecule has 0 saturated carbocycles. The predicted molar refractivity (Wildman–Crippen MR) is 73.2 cm³/mol. The summed E-state index contributed by atoms with van der Waals surface area (Å²) in [6, 6.07) is 0.462. The molecule has 0 bridgehead atoms. The van der Waals surface area contributed by atoms with Gasteiger partial charge in [-0.15, -0.1) is 0 Å². The van der Waals surface area contributed by atoms with Crippen LogP contribution in [0, 0.1) is 0 Å². The van der Waals surface area contributed by atoms with Gasteiger partial charge in [-0.2, -0.15) is 0 Å². The van der Waals surface area contributed by atoms with Crippen LogP contribution >= 0.6 is 0 Å².